The van der Waals surface area contributed by atoms with E-state index in [1.807, 2.05) is 32.0 Å². The highest BCUT2D eigenvalue weighted by atomic mass is 32.2. The number of ether oxygens (including phenoxy) is 1. The van der Waals surface area contributed by atoms with Crippen molar-refractivity contribution in [1.29, 1.82) is 0 Å². The first kappa shape index (κ1) is 23.3. The SMILES string of the molecule is CCOc1ccc(S(=O)(=O)N2CCC[C@H](C(=O)N[C@H](C)CCc3ccccc3)C2)cc1. The Balaban J connectivity index is 1.56. The zero-order valence-corrected chi connectivity index (χ0v) is 19.1. The number of amides is 1. The highest BCUT2D eigenvalue weighted by molar-refractivity contribution is 7.89. The Bertz CT molecular complexity index is 945. The Kier molecular flexibility index (Phi) is 8.09. The van der Waals surface area contributed by atoms with Gasteiger partial charge in [-0.3, -0.25) is 4.79 Å². The van der Waals surface area contributed by atoms with E-state index in [0.29, 0.717) is 31.7 Å². The summed E-state index contributed by atoms with van der Waals surface area (Å²) < 4.78 is 32.9. The molecule has 1 aliphatic rings. The molecule has 31 heavy (non-hydrogen) atoms. The van der Waals surface area contributed by atoms with E-state index >= 15 is 0 Å². The molecule has 0 spiro atoms. The summed E-state index contributed by atoms with van der Waals surface area (Å²) in [5.41, 5.74) is 1.24. The molecule has 1 heterocycles. The van der Waals surface area contributed by atoms with Gasteiger partial charge in [-0.15, -0.1) is 0 Å². The average molecular weight is 445 g/mol. The number of nitrogens with one attached hydrogen (secondary N) is 1. The van der Waals surface area contributed by atoms with E-state index in [1.54, 1.807) is 24.3 Å². The number of carbonyl (C=O) groups is 1. The van der Waals surface area contributed by atoms with Crippen LogP contribution in [-0.2, 0) is 21.2 Å². The van der Waals surface area contributed by atoms with Crippen molar-refractivity contribution >= 4 is 15.9 Å². The quantitative estimate of drug-likeness (QED) is 0.641. The first-order chi connectivity index (χ1) is 14.9. The van der Waals surface area contributed by atoms with Gasteiger partial charge in [0.2, 0.25) is 15.9 Å². The van der Waals surface area contributed by atoms with Gasteiger partial charge in [0.25, 0.3) is 0 Å². The highest BCUT2D eigenvalue weighted by Crippen LogP contribution is 2.25. The van der Waals surface area contributed by atoms with Crippen LogP contribution < -0.4 is 10.1 Å². The lowest BCUT2D eigenvalue weighted by Gasteiger charge is -2.32. The topological polar surface area (TPSA) is 75.7 Å². The van der Waals surface area contributed by atoms with Gasteiger partial charge in [-0.05, 0) is 69.4 Å². The zero-order valence-electron chi connectivity index (χ0n) is 18.3. The standard InChI is InChI=1S/C24H32N2O4S/c1-3-30-22-13-15-23(16-14-22)31(28,29)26-17-7-10-21(18-26)24(27)25-19(2)11-12-20-8-5-4-6-9-20/h4-6,8-9,13-16,19,21H,3,7,10-12,17-18H2,1-2H3,(H,25,27)/t19-,21+/m1/s1. The molecular formula is C24H32N2O4S. The Hall–Kier alpha value is -2.38. The first-order valence-corrected chi connectivity index (χ1v) is 12.4. The number of carbonyl (C=O) groups excluding carboxylic acids is 1. The van der Waals surface area contributed by atoms with Crippen molar-refractivity contribution in [2.75, 3.05) is 19.7 Å². The average Bonchev–Trinajstić information content (AvgIpc) is 2.79. The summed E-state index contributed by atoms with van der Waals surface area (Å²) in [5, 5.41) is 3.08. The second-order valence-corrected chi connectivity index (χ2v) is 9.98. The van der Waals surface area contributed by atoms with Crippen LogP contribution in [0.5, 0.6) is 5.75 Å². The number of rotatable bonds is 9. The van der Waals surface area contributed by atoms with Crippen LogP contribution in [0.2, 0.25) is 0 Å². The van der Waals surface area contributed by atoms with E-state index in [2.05, 4.69) is 17.4 Å². The third kappa shape index (κ3) is 6.31. The van der Waals surface area contributed by atoms with Crippen LogP contribution in [0, 0.1) is 5.92 Å². The van der Waals surface area contributed by atoms with Crippen LogP contribution in [0.3, 0.4) is 0 Å². The molecule has 1 N–H and O–H groups in total. The van der Waals surface area contributed by atoms with E-state index in [9.17, 15) is 13.2 Å². The van der Waals surface area contributed by atoms with Crippen LogP contribution in [0.1, 0.15) is 38.7 Å². The predicted molar refractivity (Wildman–Crippen MR) is 121 cm³/mol. The lowest BCUT2D eigenvalue weighted by molar-refractivity contribution is -0.126. The molecule has 0 saturated carbocycles. The fourth-order valence-corrected chi connectivity index (χ4v) is 5.38. The maximum Gasteiger partial charge on any atom is 0.243 e. The van der Waals surface area contributed by atoms with Gasteiger partial charge in [-0.1, -0.05) is 30.3 Å². The summed E-state index contributed by atoms with van der Waals surface area (Å²) in [7, 11) is -3.64. The first-order valence-electron chi connectivity index (χ1n) is 11.0. The van der Waals surface area contributed by atoms with Gasteiger partial charge in [0.05, 0.1) is 17.4 Å². The van der Waals surface area contributed by atoms with Gasteiger partial charge in [0.1, 0.15) is 5.75 Å². The predicted octanol–water partition coefficient (Wildman–Crippen LogP) is 3.62. The zero-order chi connectivity index (χ0) is 22.3. The normalized spacial score (nSPS) is 18.3. The fraction of sp³-hybridized carbons (Fsp3) is 0.458. The summed E-state index contributed by atoms with van der Waals surface area (Å²) in [6.45, 7) is 5.05. The molecule has 7 heteroatoms. The molecular weight excluding hydrogens is 412 g/mol. The van der Waals surface area contributed by atoms with Crippen LogP contribution in [0.25, 0.3) is 0 Å². The van der Waals surface area contributed by atoms with E-state index < -0.39 is 10.0 Å². The molecule has 1 saturated heterocycles. The van der Waals surface area contributed by atoms with Gasteiger partial charge in [0.15, 0.2) is 0 Å². The van der Waals surface area contributed by atoms with Crippen molar-refractivity contribution in [2.24, 2.45) is 5.92 Å². The van der Waals surface area contributed by atoms with Crippen molar-refractivity contribution in [2.45, 2.75) is 50.5 Å². The Morgan fingerprint density at radius 1 is 1.16 bits per heavy atom. The van der Waals surface area contributed by atoms with Crippen LogP contribution >= 0.6 is 0 Å². The summed E-state index contributed by atoms with van der Waals surface area (Å²) in [6, 6.07) is 16.7. The van der Waals surface area contributed by atoms with E-state index in [0.717, 1.165) is 12.8 Å². The largest absolute Gasteiger partial charge is 0.494 e. The van der Waals surface area contributed by atoms with E-state index in [1.165, 1.54) is 9.87 Å². The summed E-state index contributed by atoms with van der Waals surface area (Å²) >= 11 is 0. The summed E-state index contributed by atoms with van der Waals surface area (Å²) in [6.07, 6.45) is 3.11. The molecule has 3 rings (SSSR count). The third-order valence-electron chi connectivity index (χ3n) is 5.62. The Morgan fingerprint density at radius 3 is 2.55 bits per heavy atom. The maximum absolute atomic E-state index is 13.1. The molecule has 1 aliphatic heterocycles. The van der Waals surface area contributed by atoms with Crippen molar-refractivity contribution in [3.8, 4) is 5.75 Å². The maximum atomic E-state index is 13.1. The van der Waals surface area contributed by atoms with Gasteiger partial charge >= 0.3 is 0 Å². The van der Waals surface area contributed by atoms with Crippen LogP contribution in [0.4, 0.5) is 0 Å². The highest BCUT2D eigenvalue weighted by Gasteiger charge is 2.33. The van der Waals surface area contributed by atoms with Gasteiger partial charge in [0, 0.05) is 19.1 Å². The molecule has 168 valence electrons. The monoisotopic (exact) mass is 444 g/mol. The molecule has 6 nitrogen and oxygen atoms in total. The van der Waals surface area contributed by atoms with Crippen molar-refractivity contribution in [1.82, 2.24) is 9.62 Å². The Labute approximate surface area is 185 Å². The minimum absolute atomic E-state index is 0.0331. The van der Waals surface area contributed by atoms with Gasteiger partial charge < -0.3 is 10.1 Å². The molecule has 2 aromatic carbocycles. The number of benzene rings is 2. The molecule has 1 amide bonds. The number of piperidine rings is 1. The molecule has 1 fully saturated rings. The van der Waals surface area contributed by atoms with Crippen LogP contribution in [-0.4, -0.2) is 44.4 Å². The number of sulfonamides is 1. The smallest absolute Gasteiger partial charge is 0.243 e. The van der Waals surface area contributed by atoms with Gasteiger partial charge in [-0.25, -0.2) is 8.42 Å². The Morgan fingerprint density at radius 2 is 1.87 bits per heavy atom. The molecule has 0 bridgehead atoms. The molecule has 0 aromatic heterocycles. The van der Waals surface area contributed by atoms with Gasteiger partial charge in [-0.2, -0.15) is 4.31 Å². The lowest BCUT2D eigenvalue weighted by atomic mass is 9.98. The molecule has 0 aliphatic carbocycles. The number of hydrogen-bond acceptors (Lipinski definition) is 4. The summed E-state index contributed by atoms with van der Waals surface area (Å²) in [4.78, 5) is 13.0. The van der Waals surface area contributed by atoms with Crippen molar-refractivity contribution in [3.05, 3.63) is 60.2 Å². The molecule has 2 aromatic rings. The third-order valence-corrected chi connectivity index (χ3v) is 7.50. The lowest BCUT2D eigenvalue weighted by Crippen LogP contribution is -2.47. The minimum Gasteiger partial charge on any atom is -0.494 e. The fourth-order valence-electron chi connectivity index (χ4n) is 3.86. The van der Waals surface area contributed by atoms with E-state index in [4.69, 9.17) is 4.74 Å². The summed E-state index contributed by atoms with van der Waals surface area (Å²) in [5.74, 6) is 0.249. The number of nitrogens with zero attached hydrogens (tertiary/aromatic N) is 1. The molecule has 0 radical (unpaired) electrons. The van der Waals surface area contributed by atoms with Crippen molar-refractivity contribution < 1.29 is 17.9 Å². The second-order valence-electron chi connectivity index (χ2n) is 8.04. The second kappa shape index (κ2) is 10.8. The molecule has 2 atom stereocenters. The van der Waals surface area contributed by atoms with Crippen LogP contribution in [0.15, 0.2) is 59.5 Å². The number of hydrogen-bond donors (Lipinski definition) is 1. The van der Waals surface area contributed by atoms with E-state index in [-0.39, 0.29) is 29.3 Å². The number of aryl methyl sites for hydroxylation is 1. The minimum atomic E-state index is -3.64. The molecule has 0 unspecified atom stereocenters. The van der Waals surface area contributed by atoms with Crippen molar-refractivity contribution in [3.63, 3.8) is 0 Å².